The fraction of sp³-hybridized carbons (Fsp3) is 0.909. The highest BCUT2D eigenvalue weighted by molar-refractivity contribution is 7.89. The van der Waals surface area contributed by atoms with E-state index in [1.165, 1.54) is 0 Å². The standard InChI is InChI=1S/C11H22N2O3S/c1-2-11(6-3-4-7-11)10(14)13-8-5-9-17(12,15)16/h2-9H2,1H3,(H,13,14)(H2,12,15,16). The number of rotatable bonds is 6. The first-order valence-electron chi connectivity index (χ1n) is 6.18. The van der Waals surface area contributed by atoms with Crippen LogP contribution in [0.3, 0.4) is 0 Å². The van der Waals surface area contributed by atoms with Crippen molar-refractivity contribution >= 4 is 15.9 Å². The molecule has 1 amide bonds. The Morgan fingerprint density at radius 3 is 2.41 bits per heavy atom. The molecular formula is C11H22N2O3S. The van der Waals surface area contributed by atoms with Crippen molar-refractivity contribution < 1.29 is 13.2 Å². The molecule has 1 rings (SSSR count). The summed E-state index contributed by atoms with van der Waals surface area (Å²) in [4.78, 5) is 12.0. The molecule has 0 saturated heterocycles. The number of nitrogens with two attached hydrogens (primary N) is 1. The molecule has 0 atom stereocenters. The number of hydrogen-bond donors (Lipinski definition) is 2. The lowest BCUT2D eigenvalue weighted by Crippen LogP contribution is -2.39. The van der Waals surface area contributed by atoms with Crippen LogP contribution in [0.5, 0.6) is 0 Å². The van der Waals surface area contributed by atoms with E-state index in [9.17, 15) is 13.2 Å². The zero-order valence-corrected chi connectivity index (χ0v) is 11.2. The molecule has 5 nitrogen and oxygen atoms in total. The van der Waals surface area contributed by atoms with Gasteiger partial charge in [-0.1, -0.05) is 19.8 Å². The Hall–Kier alpha value is -0.620. The van der Waals surface area contributed by atoms with Crippen molar-refractivity contribution in [1.29, 1.82) is 0 Å². The van der Waals surface area contributed by atoms with E-state index in [1.54, 1.807) is 0 Å². The lowest BCUT2D eigenvalue weighted by atomic mass is 9.82. The van der Waals surface area contributed by atoms with E-state index in [-0.39, 0.29) is 17.1 Å². The van der Waals surface area contributed by atoms with Crippen LogP contribution in [-0.2, 0) is 14.8 Å². The van der Waals surface area contributed by atoms with E-state index in [4.69, 9.17) is 5.14 Å². The van der Waals surface area contributed by atoms with Crippen LogP contribution in [0, 0.1) is 5.41 Å². The van der Waals surface area contributed by atoms with Gasteiger partial charge in [0.1, 0.15) is 0 Å². The first-order valence-corrected chi connectivity index (χ1v) is 7.90. The minimum atomic E-state index is -3.41. The third-order valence-corrected chi connectivity index (χ3v) is 4.47. The second-order valence-electron chi connectivity index (χ2n) is 4.82. The van der Waals surface area contributed by atoms with Gasteiger partial charge in [0, 0.05) is 12.0 Å². The molecule has 100 valence electrons. The molecule has 0 heterocycles. The van der Waals surface area contributed by atoms with E-state index >= 15 is 0 Å². The molecule has 0 aliphatic heterocycles. The molecule has 0 unspecified atom stereocenters. The topological polar surface area (TPSA) is 89.3 Å². The molecule has 1 aliphatic carbocycles. The molecule has 6 heteroatoms. The van der Waals surface area contributed by atoms with Gasteiger partial charge in [0.25, 0.3) is 0 Å². The molecule has 0 aromatic carbocycles. The molecule has 0 aromatic heterocycles. The van der Waals surface area contributed by atoms with Gasteiger partial charge < -0.3 is 5.32 Å². The van der Waals surface area contributed by atoms with Gasteiger partial charge in [-0.2, -0.15) is 0 Å². The Bertz CT molecular complexity index is 359. The zero-order valence-electron chi connectivity index (χ0n) is 10.4. The molecule has 0 bridgehead atoms. The highest BCUT2D eigenvalue weighted by Crippen LogP contribution is 2.40. The molecule has 0 spiro atoms. The largest absolute Gasteiger partial charge is 0.356 e. The molecule has 1 fully saturated rings. The summed E-state index contributed by atoms with van der Waals surface area (Å²) in [6.07, 6.45) is 5.35. The molecule has 17 heavy (non-hydrogen) atoms. The summed E-state index contributed by atoms with van der Waals surface area (Å²) in [5.74, 6) is -0.00113. The van der Waals surface area contributed by atoms with Crippen molar-refractivity contribution in [2.24, 2.45) is 10.6 Å². The van der Waals surface area contributed by atoms with Gasteiger partial charge >= 0.3 is 0 Å². The van der Waals surface area contributed by atoms with Crippen LogP contribution in [0.1, 0.15) is 45.4 Å². The molecule has 0 radical (unpaired) electrons. The fourth-order valence-electron chi connectivity index (χ4n) is 2.46. The van der Waals surface area contributed by atoms with Crippen LogP contribution in [0.15, 0.2) is 0 Å². The van der Waals surface area contributed by atoms with Crippen LogP contribution in [0.25, 0.3) is 0 Å². The number of sulfonamides is 1. The van der Waals surface area contributed by atoms with Gasteiger partial charge in [0.2, 0.25) is 15.9 Å². The number of carbonyl (C=O) groups excluding carboxylic acids is 1. The monoisotopic (exact) mass is 262 g/mol. The fourth-order valence-corrected chi connectivity index (χ4v) is 3.00. The van der Waals surface area contributed by atoms with E-state index in [1.807, 2.05) is 6.92 Å². The van der Waals surface area contributed by atoms with Crippen LogP contribution in [-0.4, -0.2) is 26.6 Å². The summed E-state index contributed by atoms with van der Waals surface area (Å²) >= 11 is 0. The maximum atomic E-state index is 12.0. The predicted molar refractivity (Wildman–Crippen MR) is 66.8 cm³/mol. The molecule has 0 aromatic rings. The molecule has 3 N–H and O–H groups in total. The van der Waals surface area contributed by atoms with Crippen molar-refractivity contribution in [3.63, 3.8) is 0 Å². The van der Waals surface area contributed by atoms with Gasteiger partial charge in [-0.15, -0.1) is 0 Å². The van der Waals surface area contributed by atoms with Crippen molar-refractivity contribution in [3.8, 4) is 0 Å². The Kier molecular flexibility index (Phi) is 4.94. The summed E-state index contributed by atoms with van der Waals surface area (Å²) in [6.45, 7) is 2.42. The lowest BCUT2D eigenvalue weighted by molar-refractivity contribution is -0.131. The summed E-state index contributed by atoms with van der Waals surface area (Å²) < 4.78 is 21.4. The van der Waals surface area contributed by atoms with Crippen LogP contribution in [0.2, 0.25) is 0 Å². The van der Waals surface area contributed by atoms with Crippen molar-refractivity contribution in [2.75, 3.05) is 12.3 Å². The third kappa shape index (κ3) is 4.27. The SMILES string of the molecule is CCC1(C(=O)NCCCS(N)(=O)=O)CCCC1. The molecule has 1 saturated carbocycles. The first-order chi connectivity index (χ1) is 7.90. The van der Waals surface area contributed by atoms with Gasteiger partial charge in [0.05, 0.1) is 5.75 Å². The van der Waals surface area contributed by atoms with Crippen molar-refractivity contribution in [2.45, 2.75) is 45.4 Å². The zero-order chi connectivity index (χ0) is 12.9. The first kappa shape index (κ1) is 14.4. The van der Waals surface area contributed by atoms with Gasteiger partial charge in [-0.3, -0.25) is 4.79 Å². The van der Waals surface area contributed by atoms with E-state index in [2.05, 4.69) is 5.32 Å². The Balaban J connectivity index is 2.34. The Morgan fingerprint density at radius 1 is 1.35 bits per heavy atom. The van der Waals surface area contributed by atoms with Crippen molar-refractivity contribution in [3.05, 3.63) is 0 Å². The second-order valence-corrected chi connectivity index (χ2v) is 6.55. The smallest absolute Gasteiger partial charge is 0.226 e. The maximum Gasteiger partial charge on any atom is 0.226 e. The number of nitrogens with one attached hydrogen (secondary N) is 1. The van der Waals surface area contributed by atoms with Gasteiger partial charge in [0.15, 0.2) is 0 Å². The third-order valence-electron chi connectivity index (χ3n) is 3.61. The van der Waals surface area contributed by atoms with E-state index in [0.717, 1.165) is 32.1 Å². The highest BCUT2D eigenvalue weighted by Gasteiger charge is 2.38. The van der Waals surface area contributed by atoms with Crippen molar-refractivity contribution in [1.82, 2.24) is 5.32 Å². The Morgan fingerprint density at radius 2 is 1.94 bits per heavy atom. The second kappa shape index (κ2) is 5.82. The molecular weight excluding hydrogens is 240 g/mol. The normalized spacial score (nSPS) is 19.2. The minimum Gasteiger partial charge on any atom is -0.356 e. The number of carbonyl (C=O) groups is 1. The van der Waals surface area contributed by atoms with Crippen LogP contribution in [0.4, 0.5) is 0 Å². The number of hydrogen-bond acceptors (Lipinski definition) is 3. The summed E-state index contributed by atoms with van der Waals surface area (Å²) in [5, 5.41) is 7.72. The maximum absolute atomic E-state index is 12.0. The molecule has 1 aliphatic rings. The summed E-state index contributed by atoms with van der Waals surface area (Å²) in [7, 11) is -3.41. The predicted octanol–water partition coefficient (Wildman–Crippen LogP) is 0.752. The summed E-state index contributed by atoms with van der Waals surface area (Å²) in [5.41, 5.74) is -0.207. The summed E-state index contributed by atoms with van der Waals surface area (Å²) in [6, 6.07) is 0. The quantitative estimate of drug-likeness (QED) is 0.692. The van der Waals surface area contributed by atoms with Crippen LogP contribution < -0.4 is 10.5 Å². The van der Waals surface area contributed by atoms with Gasteiger partial charge in [-0.25, -0.2) is 13.6 Å². The lowest BCUT2D eigenvalue weighted by Gasteiger charge is -2.25. The number of primary sulfonamides is 1. The minimum absolute atomic E-state index is 0.0759. The average molecular weight is 262 g/mol. The number of amides is 1. The average Bonchev–Trinajstić information content (AvgIpc) is 2.72. The van der Waals surface area contributed by atoms with Gasteiger partial charge in [-0.05, 0) is 25.7 Å². The van der Waals surface area contributed by atoms with E-state index in [0.29, 0.717) is 13.0 Å². The van der Waals surface area contributed by atoms with E-state index < -0.39 is 10.0 Å². The van der Waals surface area contributed by atoms with Crippen LogP contribution >= 0.6 is 0 Å². The highest BCUT2D eigenvalue weighted by atomic mass is 32.2. The Labute approximate surface area is 103 Å².